The topological polar surface area (TPSA) is 85.4 Å². The Bertz CT molecular complexity index is 634. The quantitative estimate of drug-likeness (QED) is 0.809. The number of carbonyl (C=O) groups excluding carboxylic acids is 1. The summed E-state index contributed by atoms with van der Waals surface area (Å²) in [5.41, 5.74) is 1.90. The van der Waals surface area contributed by atoms with Gasteiger partial charge in [-0.1, -0.05) is 6.07 Å². The fourth-order valence-corrected chi connectivity index (χ4v) is 2.01. The van der Waals surface area contributed by atoms with Crippen LogP contribution < -0.4 is 20.1 Å². The van der Waals surface area contributed by atoms with Crippen LogP contribution in [0.4, 0.5) is 4.79 Å². The highest BCUT2D eigenvalue weighted by atomic mass is 16.5. The van der Waals surface area contributed by atoms with Crippen LogP contribution in [-0.4, -0.2) is 36.8 Å². The van der Waals surface area contributed by atoms with Gasteiger partial charge in [-0.15, -0.1) is 0 Å². The first-order chi connectivity index (χ1) is 11.2. The van der Waals surface area contributed by atoms with E-state index in [1.807, 2.05) is 18.2 Å². The molecule has 1 aromatic carbocycles. The largest absolute Gasteiger partial charge is 0.493 e. The molecule has 0 bridgehead atoms. The fraction of sp³-hybridized carbons (Fsp3) is 0.312. The van der Waals surface area contributed by atoms with Crippen LogP contribution in [0.25, 0.3) is 0 Å². The maximum absolute atomic E-state index is 11.8. The molecule has 0 saturated carbocycles. The molecule has 0 atom stereocenters. The van der Waals surface area contributed by atoms with Crippen molar-refractivity contribution in [2.75, 3.05) is 20.8 Å². The molecule has 2 rings (SSSR count). The molecule has 1 heterocycles. The third-order valence-electron chi connectivity index (χ3n) is 3.21. The molecule has 2 N–H and O–H groups in total. The van der Waals surface area contributed by atoms with E-state index in [2.05, 4.69) is 20.6 Å². The van der Waals surface area contributed by atoms with Gasteiger partial charge in [0.15, 0.2) is 11.5 Å². The summed E-state index contributed by atoms with van der Waals surface area (Å²) in [6.07, 6.45) is 5.63. The number of hydrogen-bond donors (Lipinski definition) is 2. The second-order valence-corrected chi connectivity index (χ2v) is 4.80. The molecule has 7 nitrogen and oxygen atoms in total. The Morgan fingerprint density at radius 3 is 2.48 bits per heavy atom. The van der Waals surface area contributed by atoms with E-state index < -0.39 is 0 Å². The van der Waals surface area contributed by atoms with Gasteiger partial charge in [-0.25, -0.2) is 14.8 Å². The average molecular weight is 316 g/mol. The van der Waals surface area contributed by atoms with Gasteiger partial charge < -0.3 is 20.1 Å². The minimum absolute atomic E-state index is 0.225. The van der Waals surface area contributed by atoms with Crippen molar-refractivity contribution < 1.29 is 14.3 Å². The van der Waals surface area contributed by atoms with Gasteiger partial charge in [-0.2, -0.15) is 0 Å². The first kappa shape index (κ1) is 16.5. The Morgan fingerprint density at radius 1 is 1.04 bits per heavy atom. The summed E-state index contributed by atoms with van der Waals surface area (Å²) < 4.78 is 10.4. The van der Waals surface area contributed by atoms with Crippen LogP contribution in [-0.2, 0) is 13.0 Å². The van der Waals surface area contributed by atoms with Crippen molar-refractivity contribution >= 4 is 6.03 Å². The van der Waals surface area contributed by atoms with Crippen LogP contribution in [0, 0.1) is 0 Å². The van der Waals surface area contributed by atoms with E-state index in [4.69, 9.17) is 9.47 Å². The molecule has 2 aromatic rings. The van der Waals surface area contributed by atoms with Gasteiger partial charge in [-0.3, -0.25) is 0 Å². The smallest absolute Gasteiger partial charge is 0.315 e. The molecule has 0 aliphatic heterocycles. The lowest BCUT2D eigenvalue weighted by Gasteiger charge is -2.11. The molecule has 23 heavy (non-hydrogen) atoms. The van der Waals surface area contributed by atoms with Gasteiger partial charge >= 0.3 is 6.03 Å². The van der Waals surface area contributed by atoms with E-state index in [0.29, 0.717) is 31.0 Å². The summed E-state index contributed by atoms with van der Waals surface area (Å²) in [5, 5.41) is 5.59. The summed E-state index contributed by atoms with van der Waals surface area (Å²) in [6, 6.07) is 5.30. The number of ether oxygens (including phenoxy) is 2. The maximum Gasteiger partial charge on any atom is 0.315 e. The summed E-state index contributed by atoms with van der Waals surface area (Å²) in [7, 11) is 3.16. The van der Waals surface area contributed by atoms with Gasteiger partial charge in [0.2, 0.25) is 0 Å². The zero-order valence-corrected chi connectivity index (χ0v) is 13.2. The molecule has 0 fully saturated rings. The van der Waals surface area contributed by atoms with Gasteiger partial charge in [-0.05, 0) is 29.7 Å². The minimum Gasteiger partial charge on any atom is -0.493 e. The number of rotatable bonds is 7. The SMILES string of the molecule is COc1ccc(CNC(=O)NCCc2cncnc2)cc1OC. The zero-order valence-electron chi connectivity index (χ0n) is 13.2. The molecule has 0 spiro atoms. The van der Waals surface area contributed by atoms with Crippen molar-refractivity contribution in [1.82, 2.24) is 20.6 Å². The lowest BCUT2D eigenvalue weighted by Crippen LogP contribution is -2.36. The summed E-state index contributed by atoms with van der Waals surface area (Å²) in [4.78, 5) is 19.6. The lowest BCUT2D eigenvalue weighted by atomic mass is 10.2. The van der Waals surface area contributed by atoms with Gasteiger partial charge in [0.05, 0.1) is 14.2 Å². The van der Waals surface area contributed by atoms with E-state index in [1.54, 1.807) is 26.6 Å². The third-order valence-corrected chi connectivity index (χ3v) is 3.21. The van der Waals surface area contributed by atoms with E-state index in [-0.39, 0.29) is 6.03 Å². The molecule has 7 heteroatoms. The van der Waals surface area contributed by atoms with Crippen LogP contribution in [0.15, 0.2) is 36.9 Å². The Kier molecular flexibility index (Phi) is 6.17. The number of amides is 2. The predicted octanol–water partition coefficient (Wildman–Crippen LogP) is 1.54. The van der Waals surface area contributed by atoms with Crippen molar-refractivity contribution in [2.45, 2.75) is 13.0 Å². The number of hydrogen-bond acceptors (Lipinski definition) is 5. The highest BCUT2D eigenvalue weighted by Crippen LogP contribution is 2.27. The molecule has 1 aromatic heterocycles. The molecule has 0 unspecified atom stereocenters. The van der Waals surface area contributed by atoms with E-state index in [1.165, 1.54) is 6.33 Å². The Balaban J connectivity index is 1.76. The molecule has 0 saturated heterocycles. The second kappa shape index (κ2) is 8.57. The average Bonchev–Trinajstić information content (AvgIpc) is 2.60. The van der Waals surface area contributed by atoms with Crippen molar-refractivity contribution in [3.63, 3.8) is 0 Å². The highest BCUT2D eigenvalue weighted by molar-refractivity contribution is 5.73. The molecule has 2 amide bonds. The van der Waals surface area contributed by atoms with Crippen LogP contribution in [0.2, 0.25) is 0 Å². The first-order valence-corrected chi connectivity index (χ1v) is 7.19. The number of methoxy groups -OCH3 is 2. The van der Waals surface area contributed by atoms with Gasteiger partial charge in [0.25, 0.3) is 0 Å². The van der Waals surface area contributed by atoms with E-state index in [9.17, 15) is 4.79 Å². The summed E-state index contributed by atoms with van der Waals surface area (Å²) in [6.45, 7) is 0.922. The van der Waals surface area contributed by atoms with Crippen LogP contribution >= 0.6 is 0 Å². The Hall–Kier alpha value is -2.83. The van der Waals surface area contributed by atoms with Crippen molar-refractivity contribution in [3.05, 3.63) is 48.0 Å². The summed E-state index contributed by atoms with van der Waals surface area (Å²) >= 11 is 0. The van der Waals surface area contributed by atoms with Crippen LogP contribution in [0.5, 0.6) is 11.5 Å². The number of aromatic nitrogens is 2. The van der Waals surface area contributed by atoms with E-state index in [0.717, 1.165) is 11.1 Å². The Morgan fingerprint density at radius 2 is 1.78 bits per heavy atom. The van der Waals surface area contributed by atoms with Gasteiger partial charge in [0, 0.05) is 25.5 Å². The van der Waals surface area contributed by atoms with Crippen LogP contribution in [0.1, 0.15) is 11.1 Å². The summed E-state index contributed by atoms with van der Waals surface area (Å²) in [5.74, 6) is 1.29. The molecule has 0 aliphatic rings. The normalized spacial score (nSPS) is 10.0. The monoisotopic (exact) mass is 316 g/mol. The molecule has 0 radical (unpaired) electrons. The number of nitrogens with zero attached hydrogens (tertiary/aromatic N) is 2. The lowest BCUT2D eigenvalue weighted by molar-refractivity contribution is 0.240. The van der Waals surface area contributed by atoms with Gasteiger partial charge in [0.1, 0.15) is 6.33 Å². The molecular formula is C16H20N4O3. The standard InChI is InChI=1S/C16H20N4O3/c1-22-14-4-3-12(7-15(14)23-2)10-20-16(21)19-6-5-13-8-17-11-18-9-13/h3-4,7-9,11H,5-6,10H2,1-2H3,(H2,19,20,21). The highest BCUT2D eigenvalue weighted by Gasteiger charge is 2.06. The Labute approximate surface area is 135 Å². The number of benzene rings is 1. The number of nitrogens with one attached hydrogen (secondary N) is 2. The van der Waals surface area contributed by atoms with Crippen molar-refractivity contribution in [3.8, 4) is 11.5 Å². The third kappa shape index (κ3) is 5.14. The second-order valence-electron chi connectivity index (χ2n) is 4.80. The minimum atomic E-state index is -0.225. The van der Waals surface area contributed by atoms with Crippen LogP contribution in [0.3, 0.4) is 0 Å². The fourth-order valence-electron chi connectivity index (χ4n) is 2.01. The molecule has 0 aliphatic carbocycles. The van der Waals surface area contributed by atoms with Crippen molar-refractivity contribution in [1.29, 1.82) is 0 Å². The predicted molar refractivity (Wildman–Crippen MR) is 85.5 cm³/mol. The molecule has 122 valence electrons. The number of urea groups is 1. The van der Waals surface area contributed by atoms with Crippen molar-refractivity contribution in [2.24, 2.45) is 0 Å². The maximum atomic E-state index is 11.8. The first-order valence-electron chi connectivity index (χ1n) is 7.19. The molecular weight excluding hydrogens is 296 g/mol. The van der Waals surface area contributed by atoms with E-state index >= 15 is 0 Å². The zero-order chi connectivity index (χ0) is 16.5. The number of carbonyl (C=O) groups is 1.